The maximum Gasteiger partial charge on any atom is 0.219 e. The van der Waals surface area contributed by atoms with Crippen molar-refractivity contribution in [3.63, 3.8) is 0 Å². The Morgan fingerprint density at radius 1 is 1.15 bits per heavy atom. The highest BCUT2D eigenvalue weighted by atomic mass is 16.5. The van der Waals surface area contributed by atoms with E-state index in [4.69, 9.17) is 4.74 Å². The van der Waals surface area contributed by atoms with E-state index in [0.717, 1.165) is 36.4 Å². The van der Waals surface area contributed by atoms with Crippen molar-refractivity contribution in [1.29, 1.82) is 0 Å². The van der Waals surface area contributed by atoms with Crippen LogP contribution in [0.1, 0.15) is 43.3 Å². The van der Waals surface area contributed by atoms with Gasteiger partial charge in [0.25, 0.3) is 0 Å². The smallest absolute Gasteiger partial charge is 0.219 e. The highest BCUT2D eigenvalue weighted by Crippen LogP contribution is 2.39. The van der Waals surface area contributed by atoms with Gasteiger partial charge in [-0.1, -0.05) is 38.1 Å². The highest BCUT2D eigenvalue weighted by molar-refractivity contribution is 5.28. The van der Waals surface area contributed by atoms with Gasteiger partial charge in [0, 0.05) is 24.5 Å². The normalized spacial score (nSPS) is 18.3. The predicted octanol–water partition coefficient (Wildman–Crippen LogP) is 4.40. The van der Waals surface area contributed by atoms with Crippen molar-refractivity contribution in [2.45, 2.75) is 39.3 Å². The number of aromatic nitrogens is 3. The molecular formula is C21H24N4O. The number of fused-ring (bicyclic) bond motifs is 1. The fourth-order valence-electron chi connectivity index (χ4n) is 3.57. The molecule has 1 aromatic carbocycles. The number of imidazole rings is 1. The summed E-state index contributed by atoms with van der Waals surface area (Å²) in [7, 11) is 0. The molecule has 0 saturated carbocycles. The summed E-state index contributed by atoms with van der Waals surface area (Å²) in [6, 6.07) is 13.9. The summed E-state index contributed by atoms with van der Waals surface area (Å²) in [6.07, 6.45) is 5.80. The van der Waals surface area contributed by atoms with Crippen LogP contribution in [-0.4, -0.2) is 15.0 Å². The third-order valence-electron chi connectivity index (χ3n) is 4.81. The van der Waals surface area contributed by atoms with Crippen LogP contribution in [0.25, 0.3) is 0 Å². The molecule has 1 atom stereocenters. The minimum atomic E-state index is 0.264. The van der Waals surface area contributed by atoms with Gasteiger partial charge in [-0.05, 0) is 36.0 Å². The fraction of sp³-hybridized carbons (Fsp3) is 0.333. The number of ether oxygens (including phenoxy) is 1. The molecule has 4 rings (SSSR count). The average molecular weight is 348 g/mol. The Balaban J connectivity index is 1.39. The molecule has 0 spiro atoms. The van der Waals surface area contributed by atoms with Crippen LogP contribution < -0.4 is 10.1 Å². The number of rotatable bonds is 5. The molecule has 1 aliphatic carbocycles. The van der Waals surface area contributed by atoms with Crippen LogP contribution in [-0.2, 0) is 13.0 Å². The number of nitrogens with zero attached hydrogens (tertiary/aromatic N) is 2. The van der Waals surface area contributed by atoms with Crippen LogP contribution in [0.4, 0.5) is 0 Å². The summed E-state index contributed by atoms with van der Waals surface area (Å²) in [5.41, 5.74) is 3.80. The van der Waals surface area contributed by atoms with Gasteiger partial charge in [0.1, 0.15) is 5.75 Å². The predicted molar refractivity (Wildman–Crippen MR) is 101 cm³/mol. The summed E-state index contributed by atoms with van der Waals surface area (Å²) < 4.78 is 5.75. The maximum atomic E-state index is 5.75. The number of hydrogen-bond acceptors (Lipinski definition) is 4. The lowest BCUT2D eigenvalue weighted by Gasteiger charge is -2.34. The molecule has 0 radical (unpaired) electrons. The van der Waals surface area contributed by atoms with E-state index in [9.17, 15) is 0 Å². The topological polar surface area (TPSA) is 62.8 Å². The Hall–Kier alpha value is -2.66. The number of nitrogens with one attached hydrogen (secondary N) is 2. The first-order chi connectivity index (χ1) is 12.6. The van der Waals surface area contributed by atoms with E-state index < -0.39 is 0 Å². The molecule has 0 amide bonds. The fourth-order valence-corrected chi connectivity index (χ4v) is 3.57. The molecule has 5 heteroatoms. The summed E-state index contributed by atoms with van der Waals surface area (Å²) in [6.45, 7) is 5.37. The van der Waals surface area contributed by atoms with Gasteiger partial charge in [0.15, 0.2) is 0 Å². The second-order valence-corrected chi connectivity index (χ2v) is 7.66. The number of H-pyrrole nitrogens is 1. The quantitative estimate of drug-likeness (QED) is 0.717. The van der Waals surface area contributed by atoms with Gasteiger partial charge >= 0.3 is 0 Å². The molecule has 0 fully saturated rings. The molecule has 134 valence electrons. The van der Waals surface area contributed by atoms with Gasteiger partial charge in [-0.25, -0.2) is 9.97 Å². The summed E-state index contributed by atoms with van der Waals surface area (Å²) in [5, 5.41) is 3.64. The van der Waals surface area contributed by atoms with E-state index in [0.29, 0.717) is 5.88 Å². The molecule has 2 N–H and O–H groups in total. The Morgan fingerprint density at radius 3 is 2.77 bits per heavy atom. The van der Waals surface area contributed by atoms with Crippen molar-refractivity contribution in [3.05, 3.63) is 71.9 Å². The van der Waals surface area contributed by atoms with Gasteiger partial charge < -0.3 is 15.0 Å². The van der Waals surface area contributed by atoms with Crippen molar-refractivity contribution >= 4 is 0 Å². The summed E-state index contributed by atoms with van der Waals surface area (Å²) in [4.78, 5) is 12.2. The Labute approximate surface area is 153 Å². The van der Waals surface area contributed by atoms with Crippen molar-refractivity contribution in [3.8, 4) is 11.6 Å². The van der Waals surface area contributed by atoms with E-state index in [1.54, 1.807) is 6.33 Å². The van der Waals surface area contributed by atoms with Crippen molar-refractivity contribution in [2.24, 2.45) is 5.41 Å². The lowest BCUT2D eigenvalue weighted by Crippen LogP contribution is -2.33. The maximum absolute atomic E-state index is 5.75. The third-order valence-corrected chi connectivity index (χ3v) is 4.81. The highest BCUT2D eigenvalue weighted by Gasteiger charge is 2.33. The zero-order valence-corrected chi connectivity index (χ0v) is 15.2. The van der Waals surface area contributed by atoms with Gasteiger partial charge in [-0.2, -0.15) is 0 Å². The Kier molecular flexibility index (Phi) is 4.47. The number of hydrogen-bond donors (Lipinski definition) is 2. The van der Waals surface area contributed by atoms with Crippen LogP contribution in [0.15, 0.2) is 55.0 Å². The number of pyridine rings is 1. The first-order valence-corrected chi connectivity index (χ1v) is 9.02. The molecule has 2 aromatic heterocycles. The van der Waals surface area contributed by atoms with E-state index in [2.05, 4.69) is 40.2 Å². The first kappa shape index (κ1) is 16.8. The molecule has 26 heavy (non-hydrogen) atoms. The van der Waals surface area contributed by atoms with E-state index >= 15 is 0 Å². The second kappa shape index (κ2) is 6.92. The van der Waals surface area contributed by atoms with E-state index in [1.807, 2.05) is 42.6 Å². The van der Waals surface area contributed by atoms with E-state index in [1.165, 1.54) is 5.69 Å². The van der Waals surface area contributed by atoms with Crippen LogP contribution in [0, 0.1) is 5.41 Å². The molecule has 0 aliphatic heterocycles. The molecule has 5 nitrogen and oxygen atoms in total. The van der Waals surface area contributed by atoms with Gasteiger partial charge in [-0.3, -0.25) is 0 Å². The molecule has 0 bridgehead atoms. The standard InChI is InChI=1S/C21H24N4O/c1-21(2)10-17(20-18(11-21)24-14-25-20)22-12-15-8-9-19(23-13-15)26-16-6-4-3-5-7-16/h3-9,13-14,17,22H,10-12H2,1-2H3,(H,24,25). The van der Waals surface area contributed by atoms with Crippen molar-refractivity contribution in [2.75, 3.05) is 0 Å². The zero-order valence-electron chi connectivity index (χ0n) is 15.2. The van der Waals surface area contributed by atoms with Crippen LogP contribution in [0.2, 0.25) is 0 Å². The lowest BCUT2D eigenvalue weighted by molar-refractivity contribution is 0.252. The molecule has 3 aromatic rings. The van der Waals surface area contributed by atoms with Gasteiger partial charge in [0.2, 0.25) is 5.88 Å². The number of benzene rings is 1. The molecule has 0 saturated heterocycles. The molecule has 2 heterocycles. The largest absolute Gasteiger partial charge is 0.439 e. The Bertz CT molecular complexity index is 855. The number of para-hydroxylation sites is 1. The van der Waals surface area contributed by atoms with Crippen molar-refractivity contribution < 1.29 is 4.74 Å². The molecule has 1 aliphatic rings. The average Bonchev–Trinajstić information content (AvgIpc) is 3.09. The zero-order chi connectivity index (χ0) is 18.0. The third kappa shape index (κ3) is 3.78. The number of aromatic amines is 1. The Morgan fingerprint density at radius 2 is 2.00 bits per heavy atom. The van der Waals surface area contributed by atoms with Gasteiger partial charge in [-0.15, -0.1) is 0 Å². The summed E-state index contributed by atoms with van der Waals surface area (Å²) >= 11 is 0. The van der Waals surface area contributed by atoms with Crippen molar-refractivity contribution in [1.82, 2.24) is 20.3 Å². The van der Waals surface area contributed by atoms with Gasteiger partial charge in [0.05, 0.1) is 18.1 Å². The second-order valence-electron chi connectivity index (χ2n) is 7.66. The van der Waals surface area contributed by atoms with Crippen LogP contribution in [0.5, 0.6) is 11.6 Å². The summed E-state index contributed by atoms with van der Waals surface area (Å²) in [5.74, 6) is 1.40. The SMILES string of the molecule is CC1(C)Cc2[nH]cnc2C(NCc2ccc(Oc3ccccc3)nc2)C1. The lowest BCUT2D eigenvalue weighted by atomic mass is 9.75. The molecule has 1 unspecified atom stereocenters. The van der Waals surface area contributed by atoms with E-state index in [-0.39, 0.29) is 11.5 Å². The monoisotopic (exact) mass is 348 g/mol. The van der Waals surface area contributed by atoms with Crippen LogP contribution in [0.3, 0.4) is 0 Å². The first-order valence-electron chi connectivity index (χ1n) is 9.02. The molecular weight excluding hydrogens is 324 g/mol. The van der Waals surface area contributed by atoms with Crippen LogP contribution >= 0.6 is 0 Å². The minimum Gasteiger partial charge on any atom is -0.439 e. The minimum absolute atomic E-state index is 0.264.